The van der Waals surface area contributed by atoms with Gasteiger partial charge in [-0.1, -0.05) is 0 Å². The van der Waals surface area contributed by atoms with Crippen LogP contribution in [0.25, 0.3) is 0 Å². The maximum absolute atomic E-state index is 10.9. The van der Waals surface area contributed by atoms with E-state index in [9.17, 15) is 14.9 Å². The van der Waals surface area contributed by atoms with E-state index in [1.165, 1.54) is 13.2 Å². The van der Waals surface area contributed by atoms with E-state index in [4.69, 9.17) is 0 Å². The number of esters is 1. The average Bonchev–Trinajstić information content (AvgIpc) is 2.28. The van der Waals surface area contributed by atoms with E-state index in [1.54, 1.807) is 19.1 Å². The zero-order valence-corrected chi connectivity index (χ0v) is 9.73. The number of benzene rings is 1. The third kappa shape index (κ3) is 3.75. The van der Waals surface area contributed by atoms with Crippen LogP contribution in [0.15, 0.2) is 18.2 Å². The molecule has 6 heteroatoms. The van der Waals surface area contributed by atoms with Crippen molar-refractivity contribution in [2.24, 2.45) is 0 Å². The first-order valence-corrected chi connectivity index (χ1v) is 5.10. The summed E-state index contributed by atoms with van der Waals surface area (Å²) in [6, 6.07) is 4.73. The van der Waals surface area contributed by atoms with E-state index in [0.29, 0.717) is 12.1 Å². The minimum Gasteiger partial charge on any atom is -0.469 e. The van der Waals surface area contributed by atoms with Crippen LogP contribution in [0.1, 0.15) is 12.0 Å². The van der Waals surface area contributed by atoms with Gasteiger partial charge in [0.25, 0.3) is 5.69 Å². The van der Waals surface area contributed by atoms with E-state index >= 15 is 0 Å². The highest BCUT2D eigenvalue weighted by Gasteiger charge is 2.09. The summed E-state index contributed by atoms with van der Waals surface area (Å²) in [6.45, 7) is 2.10. The van der Waals surface area contributed by atoms with Gasteiger partial charge in [-0.15, -0.1) is 0 Å². The van der Waals surface area contributed by atoms with Gasteiger partial charge in [-0.05, 0) is 19.1 Å². The van der Waals surface area contributed by atoms with Gasteiger partial charge >= 0.3 is 5.97 Å². The summed E-state index contributed by atoms with van der Waals surface area (Å²) in [4.78, 5) is 21.0. The molecule has 0 aliphatic carbocycles. The molecular formula is C11H14N2O4. The van der Waals surface area contributed by atoms with E-state index < -0.39 is 4.92 Å². The number of nitro groups is 1. The van der Waals surface area contributed by atoms with Gasteiger partial charge in [-0.2, -0.15) is 0 Å². The monoisotopic (exact) mass is 238 g/mol. The van der Waals surface area contributed by atoms with Crippen molar-refractivity contribution >= 4 is 17.3 Å². The van der Waals surface area contributed by atoms with Gasteiger partial charge in [0, 0.05) is 23.9 Å². The zero-order chi connectivity index (χ0) is 12.8. The number of nitrogens with one attached hydrogen (secondary N) is 1. The summed E-state index contributed by atoms with van der Waals surface area (Å²) in [5, 5.41) is 13.6. The molecule has 1 aromatic carbocycles. The normalized spacial score (nSPS) is 9.76. The molecule has 17 heavy (non-hydrogen) atoms. The van der Waals surface area contributed by atoms with Crippen molar-refractivity contribution in [3.05, 3.63) is 33.9 Å². The second-order valence-electron chi connectivity index (χ2n) is 3.51. The molecular weight excluding hydrogens is 224 g/mol. The fourth-order valence-electron chi connectivity index (χ4n) is 1.38. The second-order valence-corrected chi connectivity index (χ2v) is 3.51. The molecule has 0 heterocycles. The van der Waals surface area contributed by atoms with Crippen LogP contribution in [0.4, 0.5) is 11.4 Å². The SMILES string of the molecule is COC(=O)CCNc1ccc([N+](=O)[O-])c(C)c1. The molecule has 0 unspecified atom stereocenters. The lowest BCUT2D eigenvalue weighted by Crippen LogP contribution is -2.09. The summed E-state index contributed by atoms with van der Waals surface area (Å²) >= 11 is 0. The number of aryl methyl sites for hydroxylation is 1. The Morgan fingerprint density at radius 2 is 2.24 bits per heavy atom. The molecule has 0 amide bonds. The Labute approximate surface area is 98.7 Å². The lowest BCUT2D eigenvalue weighted by atomic mass is 10.2. The summed E-state index contributed by atoms with van der Waals surface area (Å²) in [5.74, 6) is -0.295. The molecule has 0 spiro atoms. The predicted molar refractivity (Wildman–Crippen MR) is 63.0 cm³/mol. The van der Waals surface area contributed by atoms with Gasteiger partial charge in [0.05, 0.1) is 18.5 Å². The third-order valence-corrected chi connectivity index (χ3v) is 2.28. The van der Waals surface area contributed by atoms with Crippen LogP contribution < -0.4 is 5.32 Å². The van der Waals surface area contributed by atoms with Crippen molar-refractivity contribution in [1.82, 2.24) is 0 Å². The van der Waals surface area contributed by atoms with Gasteiger partial charge in [0.1, 0.15) is 0 Å². The number of hydrogen-bond donors (Lipinski definition) is 1. The molecule has 0 saturated heterocycles. The largest absolute Gasteiger partial charge is 0.469 e. The zero-order valence-electron chi connectivity index (χ0n) is 9.73. The first-order valence-electron chi connectivity index (χ1n) is 5.10. The fraction of sp³-hybridized carbons (Fsp3) is 0.364. The molecule has 1 rings (SSSR count). The molecule has 6 nitrogen and oxygen atoms in total. The number of methoxy groups -OCH3 is 1. The molecule has 0 aliphatic rings. The average molecular weight is 238 g/mol. The molecule has 0 fully saturated rings. The second kappa shape index (κ2) is 5.83. The molecule has 0 saturated carbocycles. The summed E-state index contributed by atoms with van der Waals surface area (Å²) in [7, 11) is 1.33. The number of ether oxygens (including phenoxy) is 1. The summed E-state index contributed by atoms with van der Waals surface area (Å²) in [5.41, 5.74) is 1.42. The van der Waals surface area contributed by atoms with Crippen LogP contribution in [-0.4, -0.2) is 24.5 Å². The van der Waals surface area contributed by atoms with Gasteiger partial charge in [-0.25, -0.2) is 0 Å². The molecule has 1 aromatic rings. The molecule has 0 atom stereocenters. The Balaban J connectivity index is 2.59. The topological polar surface area (TPSA) is 81.5 Å². The van der Waals surface area contributed by atoms with Crippen LogP contribution >= 0.6 is 0 Å². The Hall–Kier alpha value is -2.11. The van der Waals surface area contributed by atoms with E-state index in [2.05, 4.69) is 10.1 Å². The maximum atomic E-state index is 10.9. The number of rotatable bonds is 5. The van der Waals surface area contributed by atoms with Crippen molar-refractivity contribution in [3.63, 3.8) is 0 Å². The van der Waals surface area contributed by atoms with Gasteiger partial charge in [0.2, 0.25) is 0 Å². The quantitative estimate of drug-likeness (QED) is 0.481. The van der Waals surface area contributed by atoms with Gasteiger partial charge < -0.3 is 10.1 Å². The maximum Gasteiger partial charge on any atom is 0.307 e. The fourth-order valence-corrected chi connectivity index (χ4v) is 1.38. The minimum atomic E-state index is -0.423. The van der Waals surface area contributed by atoms with Crippen LogP contribution in [0.3, 0.4) is 0 Å². The first kappa shape index (κ1) is 13.0. The van der Waals surface area contributed by atoms with E-state index in [0.717, 1.165) is 5.69 Å². The lowest BCUT2D eigenvalue weighted by Gasteiger charge is -2.06. The number of nitro benzene ring substituents is 1. The molecule has 1 N–H and O–H groups in total. The summed E-state index contributed by atoms with van der Waals surface area (Å²) < 4.78 is 4.49. The summed E-state index contributed by atoms with van der Waals surface area (Å²) in [6.07, 6.45) is 0.256. The Morgan fingerprint density at radius 1 is 1.53 bits per heavy atom. The van der Waals surface area contributed by atoms with Crippen molar-refractivity contribution in [3.8, 4) is 0 Å². The van der Waals surface area contributed by atoms with Crippen molar-refractivity contribution in [2.45, 2.75) is 13.3 Å². The Morgan fingerprint density at radius 3 is 2.76 bits per heavy atom. The van der Waals surface area contributed by atoms with Crippen LogP contribution in [0.2, 0.25) is 0 Å². The van der Waals surface area contributed by atoms with Crippen LogP contribution in [0.5, 0.6) is 0 Å². The molecule has 0 bridgehead atoms. The van der Waals surface area contributed by atoms with E-state index in [-0.39, 0.29) is 18.1 Å². The number of anilines is 1. The van der Waals surface area contributed by atoms with Crippen LogP contribution in [-0.2, 0) is 9.53 Å². The molecule has 0 aliphatic heterocycles. The van der Waals surface area contributed by atoms with Crippen molar-refractivity contribution in [2.75, 3.05) is 19.0 Å². The smallest absolute Gasteiger partial charge is 0.307 e. The standard InChI is InChI=1S/C11H14N2O4/c1-8-7-9(3-4-10(8)13(15)16)12-6-5-11(14)17-2/h3-4,7,12H,5-6H2,1-2H3. The highest BCUT2D eigenvalue weighted by molar-refractivity contribution is 5.70. The Bertz CT molecular complexity index is 431. The number of hydrogen-bond acceptors (Lipinski definition) is 5. The first-order chi connectivity index (χ1) is 8.04. The number of nitrogens with zero attached hydrogens (tertiary/aromatic N) is 1. The van der Waals surface area contributed by atoms with E-state index in [1.807, 2.05) is 0 Å². The predicted octanol–water partition coefficient (Wildman–Crippen LogP) is 1.88. The van der Waals surface area contributed by atoms with Gasteiger partial charge in [0.15, 0.2) is 0 Å². The lowest BCUT2D eigenvalue weighted by molar-refractivity contribution is -0.385. The number of carbonyl (C=O) groups excluding carboxylic acids is 1. The molecule has 0 aromatic heterocycles. The van der Waals surface area contributed by atoms with Crippen molar-refractivity contribution in [1.29, 1.82) is 0 Å². The third-order valence-electron chi connectivity index (χ3n) is 2.28. The highest BCUT2D eigenvalue weighted by Crippen LogP contribution is 2.21. The highest BCUT2D eigenvalue weighted by atomic mass is 16.6. The Kier molecular flexibility index (Phi) is 4.45. The molecule has 92 valence electrons. The molecule has 0 radical (unpaired) electrons. The van der Waals surface area contributed by atoms with Crippen molar-refractivity contribution < 1.29 is 14.5 Å². The van der Waals surface area contributed by atoms with Crippen LogP contribution in [0, 0.1) is 17.0 Å². The number of carbonyl (C=O) groups is 1. The minimum absolute atomic E-state index is 0.0866. The van der Waals surface area contributed by atoms with Gasteiger partial charge in [-0.3, -0.25) is 14.9 Å².